The number of amides is 2. The van der Waals surface area contributed by atoms with Gasteiger partial charge < -0.3 is 15.5 Å². The molecule has 0 unspecified atom stereocenters. The number of benzene rings is 1. The lowest BCUT2D eigenvalue weighted by molar-refractivity contribution is -0.117. The van der Waals surface area contributed by atoms with Gasteiger partial charge in [-0.25, -0.2) is 0 Å². The largest absolute Gasteiger partial charge is 0.360 e. The van der Waals surface area contributed by atoms with Gasteiger partial charge in [0.05, 0.1) is 5.75 Å². The summed E-state index contributed by atoms with van der Waals surface area (Å²) in [5, 5.41) is 14.9. The molecule has 138 valence electrons. The van der Waals surface area contributed by atoms with E-state index in [9.17, 15) is 9.59 Å². The van der Waals surface area contributed by atoms with E-state index in [1.165, 1.54) is 23.1 Å². The number of carbonyl (C=O) groups excluding carboxylic acids is 2. The van der Waals surface area contributed by atoms with E-state index in [0.29, 0.717) is 12.1 Å². The molecule has 0 aliphatic carbocycles. The molecule has 1 fully saturated rings. The Morgan fingerprint density at radius 2 is 2.12 bits per heavy atom. The van der Waals surface area contributed by atoms with Gasteiger partial charge >= 0.3 is 0 Å². The monoisotopic (exact) mass is 391 g/mol. The third-order valence-corrected chi connectivity index (χ3v) is 5.81. The van der Waals surface area contributed by atoms with Crippen molar-refractivity contribution in [2.24, 2.45) is 0 Å². The highest BCUT2D eigenvalue weighted by Gasteiger charge is 2.21. The van der Waals surface area contributed by atoms with Crippen LogP contribution < -0.4 is 15.5 Å². The van der Waals surface area contributed by atoms with Crippen LogP contribution in [-0.2, 0) is 9.59 Å². The van der Waals surface area contributed by atoms with Gasteiger partial charge in [-0.2, -0.15) is 0 Å². The summed E-state index contributed by atoms with van der Waals surface area (Å²) in [6, 6.07) is 7.37. The molecule has 0 saturated carbocycles. The Labute approximate surface area is 160 Å². The van der Waals surface area contributed by atoms with Gasteiger partial charge in [0, 0.05) is 30.9 Å². The molecule has 0 atom stereocenters. The van der Waals surface area contributed by atoms with Crippen LogP contribution in [0.2, 0.25) is 0 Å². The minimum atomic E-state index is -0.0988. The molecule has 1 aromatic carbocycles. The van der Waals surface area contributed by atoms with Crippen molar-refractivity contribution in [1.29, 1.82) is 0 Å². The lowest BCUT2D eigenvalue weighted by Crippen LogP contribution is -2.23. The van der Waals surface area contributed by atoms with Crippen LogP contribution in [0.1, 0.15) is 26.2 Å². The summed E-state index contributed by atoms with van der Waals surface area (Å²) >= 11 is 2.82. The normalized spacial score (nSPS) is 13.9. The SMILES string of the molecule is CCCNc1nnc(SCC(=O)Nc2ccc(N3CCCC3=O)cc2)s1. The highest BCUT2D eigenvalue weighted by molar-refractivity contribution is 8.01. The van der Waals surface area contributed by atoms with Gasteiger partial charge in [0.15, 0.2) is 4.34 Å². The summed E-state index contributed by atoms with van der Waals surface area (Å²) in [6.07, 6.45) is 2.53. The molecule has 1 saturated heterocycles. The van der Waals surface area contributed by atoms with Crippen LogP contribution in [0.15, 0.2) is 28.6 Å². The zero-order valence-corrected chi connectivity index (χ0v) is 16.2. The van der Waals surface area contributed by atoms with E-state index in [1.54, 1.807) is 4.90 Å². The Morgan fingerprint density at radius 3 is 2.81 bits per heavy atom. The number of aromatic nitrogens is 2. The van der Waals surface area contributed by atoms with Crippen molar-refractivity contribution in [1.82, 2.24) is 10.2 Å². The highest BCUT2D eigenvalue weighted by Crippen LogP contribution is 2.26. The molecule has 1 aliphatic rings. The van der Waals surface area contributed by atoms with Crippen molar-refractivity contribution in [2.45, 2.75) is 30.5 Å². The summed E-state index contributed by atoms with van der Waals surface area (Å²) in [5.41, 5.74) is 1.59. The van der Waals surface area contributed by atoms with Crippen LogP contribution in [0.5, 0.6) is 0 Å². The van der Waals surface area contributed by atoms with Crippen LogP contribution in [0.25, 0.3) is 0 Å². The van der Waals surface area contributed by atoms with Crippen molar-refractivity contribution >= 4 is 51.4 Å². The number of nitrogens with one attached hydrogen (secondary N) is 2. The molecular weight excluding hydrogens is 370 g/mol. The number of thioether (sulfide) groups is 1. The van der Waals surface area contributed by atoms with Gasteiger partial charge in [-0.1, -0.05) is 30.0 Å². The van der Waals surface area contributed by atoms with Crippen molar-refractivity contribution in [3.05, 3.63) is 24.3 Å². The van der Waals surface area contributed by atoms with Gasteiger partial charge in [0.2, 0.25) is 16.9 Å². The summed E-state index contributed by atoms with van der Waals surface area (Å²) in [6.45, 7) is 3.71. The van der Waals surface area contributed by atoms with Crippen LogP contribution in [-0.4, -0.2) is 40.9 Å². The molecule has 7 nitrogen and oxygen atoms in total. The predicted octanol–water partition coefficient (Wildman–Crippen LogP) is 3.22. The van der Waals surface area contributed by atoms with Crippen molar-refractivity contribution < 1.29 is 9.59 Å². The summed E-state index contributed by atoms with van der Waals surface area (Å²) in [7, 11) is 0. The van der Waals surface area contributed by atoms with Crippen LogP contribution in [0.3, 0.4) is 0 Å². The standard InChI is InChI=1S/C17H21N5O2S2/c1-2-9-18-16-20-21-17(26-16)25-11-14(23)19-12-5-7-13(8-6-12)22-10-3-4-15(22)24/h5-8H,2-4,9-11H2,1H3,(H,18,20)(H,19,23). The number of nitrogens with zero attached hydrogens (tertiary/aromatic N) is 3. The zero-order chi connectivity index (χ0) is 18.4. The number of anilines is 3. The van der Waals surface area contributed by atoms with E-state index in [0.717, 1.165) is 41.1 Å². The molecule has 2 N–H and O–H groups in total. The number of hydrogen-bond acceptors (Lipinski definition) is 7. The Kier molecular flexibility index (Phi) is 6.45. The minimum Gasteiger partial charge on any atom is -0.360 e. The predicted molar refractivity (Wildman–Crippen MR) is 106 cm³/mol. The lowest BCUT2D eigenvalue weighted by atomic mass is 10.2. The van der Waals surface area contributed by atoms with Crippen molar-refractivity contribution in [3.8, 4) is 0 Å². The molecule has 2 amide bonds. The molecule has 0 radical (unpaired) electrons. The molecular formula is C17H21N5O2S2. The van der Waals surface area contributed by atoms with Crippen LogP contribution in [0.4, 0.5) is 16.5 Å². The third kappa shape index (κ3) is 4.95. The zero-order valence-electron chi connectivity index (χ0n) is 14.5. The first-order valence-electron chi connectivity index (χ1n) is 8.56. The van der Waals surface area contributed by atoms with Gasteiger partial charge in [-0.15, -0.1) is 10.2 Å². The minimum absolute atomic E-state index is 0.0988. The maximum atomic E-state index is 12.1. The molecule has 2 aromatic rings. The Bertz CT molecular complexity index is 763. The van der Waals surface area contributed by atoms with Gasteiger partial charge in [-0.3, -0.25) is 9.59 Å². The quantitative estimate of drug-likeness (QED) is 0.672. The first-order chi connectivity index (χ1) is 12.7. The van der Waals surface area contributed by atoms with Crippen LogP contribution >= 0.6 is 23.1 Å². The molecule has 0 spiro atoms. The molecule has 3 rings (SSSR count). The second kappa shape index (κ2) is 9.00. The van der Waals surface area contributed by atoms with Crippen LogP contribution in [0, 0.1) is 0 Å². The molecule has 1 aliphatic heterocycles. The second-order valence-electron chi connectivity index (χ2n) is 5.83. The number of carbonyl (C=O) groups is 2. The van der Waals surface area contributed by atoms with E-state index in [1.807, 2.05) is 24.3 Å². The Morgan fingerprint density at radius 1 is 1.31 bits per heavy atom. The van der Waals surface area contributed by atoms with Gasteiger partial charge in [-0.05, 0) is 37.1 Å². The highest BCUT2D eigenvalue weighted by atomic mass is 32.2. The molecule has 9 heteroatoms. The summed E-state index contributed by atoms with van der Waals surface area (Å²) in [5.74, 6) is 0.329. The van der Waals surface area contributed by atoms with Gasteiger partial charge in [0.1, 0.15) is 0 Å². The fraction of sp³-hybridized carbons (Fsp3) is 0.412. The first kappa shape index (κ1) is 18.7. The summed E-state index contributed by atoms with van der Waals surface area (Å²) < 4.78 is 0.765. The molecule has 26 heavy (non-hydrogen) atoms. The Hall–Kier alpha value is -2.13. The van der Waals surface area contributed by atoms with E-state index >= 15 is 0 Å². The van der Waals surface area contributed by atoms with E-state index in [-0.39, 0.29) is 17.6 Å². The lowest BCUT2D eigenvalue weighted by Gasteiger charge is -2.16. The second-order valence-corrected chi connectivity index (χ2v) is 8.03. The maximum Gasteiger partial charge on any atom is 0.234 e. The third-order valence-electron chi connectivity index (χ3n) is 3.80. The molecule has 0 bridgehead atoms. The average Bonchev–Trinajstić information content (AvgIpc) is 3.28. The van der Waals surface area contributed by atoms with Crippen molar-refractivity contribution in [2.75, 3.05) is 34.4 Å². The maximum absolute atomic E-state index is 12.1. The molecule has 2 heterocycles. The van der Waals surface area contributed by atoms with E-state index in [2.05, 4.69) is 27.8 Å². The average molecular weight is 392 g/mol. The number of rotatable bonds is 8. The fourth-order valence-electron chi connectivity index (χ4n) is 2.54. The van der Waals surface area contributed by atoms with Crippen molar-refractivity contribution in [3.63, 3.8) is 0 Å². The first-order valence-corrected chi connectivity index (χ1v) is 10.4. The number of hydrogen-bond donors (Lipinski definition) is 2. The molecule has 1 aromatic heterocycles. The van der Waals surface area contributed by atoms with E-state index < -0.39 is 0 Å². The topological polar surface area (TPSA) is 87.2 Å². The Balaban J connectivity index is 1.47. The van der Waals surface area contributed by atoms with Gasteiger partial charge in [0.25, 0.3) is 0 Å². The smallest absolute Gasteiger partial charge is 0.234 e. The van der Waals surface area contributed by atoms with E-state index in [4.69, 9.17) is 0 Å². The fourth-order valence-corrected chi connectivity index (χ4v) is 4.12. The summed E-state index contributed by atoms with van der Waals surface area (Å²) in [4.78, 5) is 25.6.